The van der Waals surface area contributed by atoms with Crippen LogP contribution in [0.4, 0.5) is 0 Å². The Labute approximate surface area is 226 Å². The molecule has 1 fully saturated rings. The summed E-state index contributed by atoms with van der Waals surface area (Å²) < 4.78 is 7.71. The van der Waals surface area contributed by atoms with Crippen molar-refractivity contribution in [1.82, 2.24) is 35.1 Å². The van der Waals surface area contributed by atoms with Gasteiger partial charge < -0.3 is 9.72 Å². The predicted molar refractivity (Wildman–Crippen MR) is 148 cm³/mol. The maximum absolute atomic E-state index is 13.8. The monoisotopic (exact) mass is 521 g/mol. The number of fused-ring (bicyclic) bond motifs is 1. The van der Waals surface area contributed by atoms with Crippen molar-refractivity contribution in [3.05, 3.63) is 118 Å². The van der Waals surface area contributed by atoms with E-state index in [-0.39, 0.29) is 11.7 Å². The minimum atomic E-state index is -0.518. The number of hydrogen-bond donors (Lipinski definition) is 1. The van der Waals surface area contributed by atoms with Crippen LogP contribution in [-0.4, -0.2) is 47.8 Å². The van der Waals surface area contributed by atoms with Gasteiger partial charge in [-0.1, -0.05) is 54.6 Å². The number of H-pyrrole nitrogens is 1. The normalized spacial score (nSPS) is 16.2. The molecule has 2 atom stereocenters. The van der Waals surface area contributed by atoms with Crippen LogP contribution in [0, 0.1) is 6.92 Å². The molecular weight excluding hydrogens is 490 g/mol. The Bertz CT molecular complexity index is 1550. The molecule has 9 nitrogen and oxygen atoms in total. The predicted octanol–water partition coefficient (Wildman–Crippen LogP) is 4.19. The highest BCUT2D eigenvalue weighted by molar-refractivity contribution is 5.82. The third kappa shape index (κ3) is 5.50. The first kappa shape index (κ1) is 25.1. The standard InChI is InChI=1S/C30H31N7O2/c1-21-8-5-12-24-16-26(30(38)32-27(21)24)28(29-33-34-35-37(29)20-25-13-7-15-39-25)36(18-22-9-3-2-4-10-22)19-23-11-6-14-31-17-23/h2-6,8-12,14,16-17,25,28H,7,13,15,18-20H2,1H3,(H,32,38)/t25-,28+/m0/s1. The largest absolute Gasteiger partial charge is 0.376 e. The summed E-state index contributed by atoms with van der Waals surface area (Å²) in [6, 6.07) is 21.7. The first-order valence-corrected chi connectivity index (χ1v) is 13.3. The maximum Gasteiger partial charge on any atom is 0.253 e. The maximum atomic E-state index is 13.8. The Morgan fingerprint density at radius 2 is 1.92 bits per heavy atom. The Kier molecular flexibility index (Phi) is 7.25. The second-order valence-electron chi connectivity index (χ2n) is 10.1. The molecule has 1 aliphatic heterocycles. The number of para-hydroxylation sites is 1. The molecule has 1 aliphatic rings. The number of pyridine rings is 2. The van der Waals surface area contributed by atoms with Crippen molar-refractivity contribution < 1.29 is 4.74 Å². The van der Waals surface area contributed by atoms with Gasteiger partial charge in [0.25, 0.3) is 5.56 Å². The van der Waals surface area contributed by atoms with Gasteiger partial charge in [-0.15, -0.1) is 5.10 Å². The molecule has 0 amide bonds. The molecule has 4 heterocycles. The van der Waals surface area contributed by atoms with Gasteiger partial charge in [-0.25, -0.2) is 4.68 Å². The number of hydrogen-bond acceptors (Lipinski definition) is 7. The van der Waals surface area contributed by atoms with Gasteiger partial charge in [0.05, 0.1) is 18.2 Å². The molecule has 0 spiro atoms. The molecule has 1 N–H and O–H groups in total. The van der Waals surface area contributed by atoms with E-state index in [1.807, 2.05) is 72.4 Å². The number of nitrogens with one attached hydrogen (secondary N) is 1. The molecule has 0 aliphatic carbocycles. The zero-order valence-electron chi connectivity index (χ0n) is 21.9. The van der Waals surface area contributed by atoms with Crippen LogP contribution in [0.2, 0.25) is 0 Å². The molecule has 0 saturated carbocycles. The van der Waals surface area contributed by atoms with Gasteiger partial charge in [0.1, 0.15) is 6.04 Å². The van der Waals surface area contributed by atoms with E-state index in [2.05, 4.69) is 42.5 Å². The topological polar surface area (TPSA) is 102 Å². The summed E-state index contributed by atoms with van der Waals surface area (Å²) in [4.78, 5) is 23.5. The number of aromatic nitrogens is 6. The van der Waals surface area contributed by atoms with Crippen LogP contribution in [0.25, 0.3) is 10.9 Å². The third-order valence-corrected chi connectivity index (χ3v) is 7.32. The van der Waals surface area contributed by atoms with Crippen LogP contribution < -0.4 is 5.56 Å². The van der Waals surface area contributed by atoms with E-state index in [1.54, 1.807) is 6.20 Å². The molecule has 2 aromatic carbocycles. The quantitative estimate of drug-likeness (QED) is 0.310. The number of nitrogens with zero attached hydrogens (tertiary/aromatic N) is 6. The fraction of sp³-hybridized carbons (Fsp3) is 0.300. The Hall–Kier alpha value is -4.21. The highest BCUT2D eigenvalue weighted by Crippen LogP contribution is 2.31. The molecule has 0 bridgehead atoms. The first-order valence-electron chi connectivity index (χ1n) is 13.3. The van der Waals surface area contributed by atoms with Gasteiger partial charge in [-0.3, -0.25) is 14.7 Å². The fourth-order valence-electron chi connectivity index (χ4n) is 5.40. The Morgan fingerprint density at radius 3 is 2.72 bits per heavy atom. The molecule has 1 saturated heterocycles. The summed E-state index contributed by atoms with van der Waals surface area (Å²) in [5.41, 5.74) is 4.45. The van der Waals surface area contributed by atoms with Crippen LogP contribution in [-0.2, 0) is 24.4 Å². The number of benzene rings is 2. The lowest BCUT2D eigenvalue weighted by Crippen LogP contribution is -2.35. The molecule has 5 aromatic rings. The molecule has 3 aromatic heterocycles. The summed E-state index contributed by atoms with van der Waals surface area (Å²) in [6.07, 6.45) is 5.66. The second-order valence-corrected chi connectivity index (χ2v) is 10.1. The minimum absolute atomic E-state index is 0.0475. The van der Waals surface area contributed by atoms with Crippen molar-refractivity contribution in [2.24, 2.45) is 0 Å². The molecule has 9 heteroatoms. The van der Waals surface area contributed by atoms with Gasteiger partial charge in [0, 0.05) is 37.7 Å². The van der Waals surface area contributed by atoms with Crippen molar-refractivity contribution in [3.8, 4) is 0 Å². The lowest BCUT2D eigenvalue weighted by Gasteiger charge is -2.31. The van der Waals surface area contributed by atoms with Crippen molar-refractivity contribution >= 4 is 10.9 Å². The lowest BCUT2D eigenvalue weighted by atomic mass is 10.0. The molecule has 39 heavy (non-hydrogen) atoms. The van der Waals surface area contributed by atoms with E-state index in [4.69, 9.17) is 4.74 Å². The van der Waals surface area contributed by atoms with E-state index in [0.29, 0.717) is 31.0 Å². The van der Waals surface area contributed by atoms with Gasteiger partial charge >= 0.3 is 0 Å². The molecule has 198 valence electrons. The van der Waals surface area contributed by atoms with Crippen molar-refractivity contribution in [2.45, 2.75) is 51.5 Å². The summed E-state index contributed by atoms with van der Waals surface area (Å²) in [7, 11) is 0. The fourth-order valence-corrected chi connectivity index (χ4v) is 5.40. The van der Waals surface area contributed by atoms with Gasteiger partial charge in [0.15, 0.2) is 5.82 Å². The number of rotatable bonds is 9. The Balaban J connectivity index is 1.51. The summed E-state index contributed by atoms with van der Waals surface area (Å²) in [5.74, 6) is 0.614. The first-order chi connectivity index (χ1) is 19.2. The van der Waals surface area contributed by atoms with Gasteiger partial charge in [-0.2, -0.15) is 0 Å². The summed E-state index contributed by atoms with van der Waals surface area (Å²) >= 11 is 0. The Morgan fingerprint density at radius 1 is 1.08 bits per heavy atom. The third-order valence-electron chi connectivity index (χ3n) is 7.32. The van der Waals surface area contributed by atoms with E-state index >= 15 is 0 Å². The van der Waals surface area contributed by atoms with E-state index in [9.17, 15) is 4.79 Å². The highest BCUT2D eigenvalue weighted by atomic mass is 16.5. The van der Waals surface area contributed by atoms with Gasteiger partial charge in [-0.05, 0) is 64.4 Å². The van der Waals surface area contributed by atoms with E-state index in [1.165, 1.54) is 0 Å². The van der Waals surface area contributed by atoms with E-state index < -0.39 is 6.04 Å². The lowest BCUT2D eigenvalue weighted by molar-refractivity contribution is 0.0903. The SMILES string of the molecule is Cc1cccc2cc([C@H](c3nnnn3C[C@@H]3CCCO3)N(Cc3ccccc3)Cc3cccnc3)c(=O)[nH]c12. The van der Waals surface area contributed by atoms with Gasteiger partial charge in [0.2, 0.25) is 0 Å². The number of ether oxygens (including phenoxy) is 1. The zero-order valence-corrected chi connectivity index (χ0v) is 21.9. The average molecular weight is 522 g/mol. The van der Waals surface area contributed by atoms with E-state index in [0.717, 1.165) is 47.0 Å². The van der Waals surface area contributed by atoms with Crippen LogP contribution in [0.1, 0.15) is 47.0 Å². The van der Waals surface area contributed by atoms with Crippen molar-refractivity contribution in [1.29, 1.82) is 0 Å². The van der Waals surface area contributed by atoms with Crippen LogP contribution in [0.15, 0.2) is 83.9 Å². The zero-order chi connectivity index (χ0) is 26.6. The number of tetrazole rings is 1. The smallest absolute Gasteiger partial charge is 0.253 e. The number of aromatic amines is 1. The van der Waals surface area contributed by atoms with Crippen LogP contribution in [0.3, 0.4) is 0 Å². The minimum Gasteiger partial charge on any atom is -0.376 e. The number of aryl methyl sites for hydroxylation is 1. The molecular formula is C30H31N7O2. The summed E-state index contributed by atoms with van der Waals surface area (Å²) in [6.45, 7) is 4.41. The molecule has 0 unspecified atom stereocenters. The molecule has 0 radical (unpaired) electrons. The van der Waals surface area contributed by atoms with Crippen LogP contribution in [0.5, 0.6) is 0 Å². The van der Waals surface area contributed by atoms with Crippen molar-refractivity contribution in [3.63, 3.8) is 0 Å². The molecule has 6 rings (SSSR count). The summed E-state index contributed by atoms with van der Waals surface area (Å²) in [5, 5.41) is 13.9. The second kappa shape index (κ2) is 11.3. The van der Waals surface area contributed by atoms with Crippen molar-refractivity contribution in [2.75, 3.05) is 6.61 Å². The highest BCUT2D eigenvalue weighted by Gasteiger charge is 2.32. The van der Waals surface area contributed by atoms with Crippen LogP contribution >= 0.6 is 0 Å². The average Bonchev–Trinajstić information content (AvgIpc) is 3.64.